The molecule has 1 fully saturated rings. The second-order valence-corrected chi connectivity index (χ2v) is 4.10. The summed E-state index contributed by atoms with van der Waals surface area (Å²) in [5.41, 5.74) is 0. The summed E-state index contributed by atoms with van der Waals surface area (Å²) in [6.07, 6.45) is 5.21. The third kappa shape index (κ3) is 5.58. The van der Waals surface area contributed by atoms with Crippen molar-refractivity contribution < 1.29 is 4.74 Å². The number of rotatable bonds is 7. The molecule has 2 N–H and O–H groups in total. The maximum absolute atomic E-state index is 4.99. The lowest BCUT2D eigenvalue weighted by Crippen LogP contribution is -2.32. The molecule has 1 aliphatic heterocycles. The summed E-state index contributed by atoms with van der Waals surface area (Å²) >= 11 is 0. The Hall–Kier alpha value is -0.120. The van der Waals surface area contributed by atoms with Crippen LogP contribution >= 0.6 is 0 Å². The van der Waals surface area contributed by atoms with Gasteiger partial charge in [0.15, 0.2) is 0 Å². The Balaban J connectivity index is 1.82. The summed E-state index contributed by atoms with van der Waals surface area (Å²) in [7, 11) is 1.76. The minimum atomic E-state index is 0.873. The monoisotopic (exact) mass is 200 g/mol. The molecule has 0 spiro atoms. The Morgan fingerprint density at radius 1 is 1.43 bits per heavy atom. The van der Waals surface area contributed by atoms with Gasteiger partial charge in [0.05, 0.1) is 0 Å². The first kappa shape index (κ1) is 12.0. The Morgan fingerprint density at radius 3 is 3.07 bits per heavy atom. The van der Waals surface area contributed by atoms with Crippen LogP contribution in [0.5, 0.6) is 0 Å². The van der Waals surface area contributed by atoms with E-state index in [2.05, 4.69) is 10.6 Å². The summed E-state index contributed by atoms with van der Waals surface area (Å²) in [6.45, 7) is 5.57. The van der Waals surface area contributed by atoms with Crippen LogP contribution < -0.4 is 10.6 Å². The Labute approximate surface area is 87.6 Å². The highest BCUT2D eigenvalue weighted by Gasteiger charge is 2.11. The van der Waals surface area contributed by atoms with Crippen LogP contribution in [0.4, 0.5) is 0 Å². The lowest BCUT2D eigenvalue weighted by molar-refractivity contribution is 0.194. The first-order chi connectivity index (χ1) is 6.93. The molecule has 0 saturated carbocycles. The summed E-state index contributed by atoms with van der Waals surface area (Å²) < 4.78 is 4.99. The van der Waals surface area contributed by atoms with E-state index < -0.39 is 0 Å². The Bertz CT molecular complexity index is 124. The lowest BCUT2D eigenvalue weighted by atomic mass is 9.96. The van der Waals surface area contributed by atoms with Gasteiger partial charge in [-0.3, -0.25) is 0 Å². The molecule has 1 aliphatic rings. The molecule has 3 heteroatoms. The van der Waals surface area contributed by atoms with E-state index in [1.54, 1.807) is 7.11 Å². The van der Waals surface area contributed by atoms with Crippen molar-refractivity contribution in [2.75, 3.05) is 39.9 Å². The fraction of sp³-hybridized carbons (Fsp3) is 1.00. The van der Waals surface area contributed by atoms with Crippen LogP contribution in [0.1, 0.15) is 25.7 Å². The van der Waals surface area contributed by atoms with E-state index in [0.29, 0.717) is 0 Å². The van der Waals surface area contributed by atoms with Crippen molar-refractivity contribution in [3.8, 4) is 0 Å². The largest absolute Gasteiger partial charge is 0.385 e. The van der Waals surface area contributed by atoms with Gasteiger partial charge in [0.25, 0.3) is 0 Å². The molecule has 3 nitrogen and oxygen atoms in total. The van der Waals surface area contributed by atoms with Crippen LogP contribution in [0.15, 0.2) is 0 Å². The number of ether oxygens (including phenoxy) is 1. The van der Waals surface area contributed by atoms with E-state index in [1.165, 1.54) is 32.4 Å². The van der Waals surface area contributed by atoms with Crippen molar-refractivity contribution in [1.29, 1.82) is 0 Å². The van der Waals surface area contributed by atoms with Crippen LogP contribution in [-0.4, -0.2) is 39.9 Å². The predicted molar refractivity (Wildman–Crippen MR) is 59.6 cm³/mol. The van der Waals surface area contributed by atoms with Crippen LogP contribution in [-0.2, 0) is 4.74 Å². The van der Waals surface area contributed by atoms with Crippen LogP contribution in [0.2, 0.25) is 0 Å². The average Bonchev–Trinajstić information content (AvgIpc) is 2.25. The van der Waals surface area contributed by atoms with Crippen LogP contribution in [0, 0.1) is 5.92 Å². The molecule has 0 aromatic heterocycles. The number of methoxy groups -OCH3 is 1. The van der Waals surface area contributed by atoms with Crippen molar-refractivity contribution in [2.24, 2.45) is 5.92 Å². The minimum absolute atomic E-state index is 0.873. The summed E-state index contributed by atoms with van der Waals surface area (Å²) in [6, 6.07) is 0. The zero-order valence-corrected chi connectivity index (χ0v) is 9.35. The van der Waals surface area contributed by atoms with Gasteiger partial charge in [-0.15, -0.1) is 0 Å². The van der Waals surface area contributed by atoms with Gasteiger partial charge in [-0.05, 0) is 57.8 Å². The van der Waals surface area contributed by atoms with E-state index in [-0.39, 0.29) is 0 Å². The Morgan fingerprint density at radius 2 is 2.36 bits per heavy atom. The van der Waals surface area contributed by atoms with Gasteiger partial charge in [-0.2, -0.15) is 0 Å². The normalized spacial score (nSPS) is 22.5. The number of hydrogen-bond acceptors (Lipinski definition) is 3. The van der Waals surface area contributed by atoms with Gasteiger partial charge in [0, 0.05) is 13.7 Å². The lowest BCUT2D eigenvalue weighted by Gasteiger charge is -2.22. The standard InChI is InChI=1S/C11H24N2O/c1-14-9-3-7-12-8-5-11-4-2-6-13-10-11/h11-13H,2-10H2,1H3. The smallest absolute Gasteiger partial charge is 0.0474 e. The summed E-state index contributed by atoms with van der Waals surface area (Å²) in [4.78, 5) is 0. The predicted octanol–water partition coefficient (Wildman–Crippen LogP) is 1.00. The molecule has 1 unspecified atom stereocenters. The molecule has 0 aliphatic carbocycles. The van der Waals surface area contributed by atoms with E-state index in [0.717, 1.165) is 32.0 Å². The molecule has 1 rings (SSSR count). The molecule has 0 aromatic rings. The van der Waals surface area contributed by atoms with Crippen molar-refractivity contribution in [3.05, 3.63) is 0 Å². The van der Waals surface area contributed by atoms with Gasteiger partial charge < -0.3 is 15.4 Å². The van der Waals surface area contributed by atoms with Gasteiger partial charge in [-0.25, -0.2) is 0 Å². The molecule has 1 saturated heterocycles. The van der Waals surface area contributed by atoms with E-state index >= 15 is 0 Å². The summed E-state index contributed by atoms with van der Waals surface area (Å²) in [5.74, 6) is 0.902. The minimum Gasteiger partial charge on any atom is -0.385 e. The van der Waals surface area contributed by atoms with Gasteiger partial charge >= 0.3 is 0 Å². The molecule has 14 heavy (non-hydrogen) atoms. The molecular weight excluding hydrogens is 176 g/mol. The third-order valence-electron chi connectivity index (χ3n) is 2.83. The average molecular weight is 200 g/mol. The quantitative estimate of drug-likeness (QED) is 0.602. The molecule has 0 radical (unpaired) electrons. The fourth-order valence-corrected chi connectivity index (χ4v) is 1.94. The topological polar surface area (TPSA) is 33.3 Å². The maximum atomic E-state index is 4.99. The molecular formula is C11H24N2O. The highest BCUT2D eigenvalue weighted by atomic mass is 16.5. The molecule has 0 bridgehead atoms. The maximum Gasteiger partial charge on any atom is 0.0474 e. The van der Waals surface area contributed by atoms with E-state index in [9.17, 15) is 0 Å². The van der Waals surface area contributed by atoms with Crippen molar-refractivity contribution in [2.45, 2.75) is 25.7 Å². The van der Waals surface area contributed by atoms with Crippen LogP contribution in [0.3, 0.4) is 0 Å². The second-order valence-electron chi connectivity index (χ2n) is 4.10. The SMILES string of the molecule is COCCCNCCC1CCCNC1. The number of piperidine rings is 1. The second kappa shape index (κ2) is 8.21. The Kier molecular flexibility index (Phi) is 7.01. The molecule has 1 atom stereocenters. The first-order valence-corrected chi connectivity index (χ1v) is 5.84. The molecule has 0 aromatic carbocycles. The van der Waals surface area contributed by atoms with Crippen molar-refractivity contribution in [1.82, 2.24) is 10.6 Å². The van der Waals surface area contributed by atoms with Gasteiger partial charge in [0.2, 0.25) is 0 Å². The fourth-order valence-electron chi connectivity index (χ4n) is 1.94. The highest BCUT2D eigenvalue weighted by molar-refractivity contribution is 4.69. The molecule has 0 amide bonds. The molecule has 1 heterocycles. The van der Waals surface area contributed by atoms with Crippen molar-refractivity contribution in [3.63, 3.8) is 0 Å². The number of hydrogen-bond donors (Lipinski definition) is 2. The highest BCUT2D eigenvalue weighted by Crippen LogP contribution is 2.12. The summed E-state index contributed by atoms with van der Waals surface area (Å²) in [5, 5.41) is 6.91. The van der Waals surface area contributed by atoms with Crippen molar-refractivity contribution >= 4 is 0 Å². The van der Waals surface area contributed by atoms with Crippen LogP contribution in [0.25, 0.3) is 0 Å². The first-order valence-electron chi connectivity index (χ1n) is 5.84. The zero-order chi connectivity index (χ0) is 10.1. The number of nitrogens with one attached hydrogen (secondary N) is 2. The van der Waals surface area contributed by atoms with E-state index in [1.807, 2.05) is 0 Å². The van der Waals surface area contributed by atoms with E-state index in [4.69, 9.17) is 4.74 Å². The van der Waals surface area contributed by atoms with Gasteiger partial charge in [-0.1, -0.05) is 0 Å². The zero-order valence-electron chi connectivity index (χ0n) is 9.35. The third-order valence-corrected chi connectivity index (χ3v) is 2.83. The molecule has 84 valence electrons. The van der Waals surface area contributed by atoms with Gasteiger partial charge in [0.1, 0.15) is 0 Å².